The molecule has 72 valence electrons. The van der Waals surface area contributed by atoms with Gasteiger partial charge in [0, 0.05) is 17.7 Å². The standard InChI is InChI=1S/C10H14FNO/c1-3-13-10-6-8(11)4-5-9(10)7(2)12/h4-7H,3,12H2,1-2H3/t7-/m1/s1. The number of hydrogen-bond acceptors (Lipinski definition) is 2. The Labute approximate surface area is 77.5 Å². The fourth-order valence-corrected chi connectivity index (χ4v) is 1.16. The highest BCUT2D eigenvalue weighted by Gasteiger charge is 2.08. The van der Waals surface area contributed by atoms with Gasteiger partial charge in [0.2, 0.25) is 0 Å². The van der Waals surface area contributed by atoms with Gasteiger partial charge in [-0.25, -0.2) is 4.39 Å². The second-order valence-electron chi connectivity index (χ2n) is 2.90. The minimum atomic E-state index is -0.298. The van der Waals surface area contributed by atoms with Gasteiger partial charge >= 0.3 is 0 Å². The fourth-order valence-electron chi connectivity index (χ4n) is 1.16. The van der Waals surface area contributed by atoms with Gasteiger partial charge in [0.1, 0.15) is 11.6 Å². The largest absolute Gasteiger partial charge is 0.493 e. The van der Waals surface area contributed by atoms with Crippen LogP contribution in [-0.2, 0) is 0 Å². The van der Waals surface area contributed by atoms with Gasteiger partial charge in [0.15, 0.2) is 0 Å². The Morgan fingerprint density at radius 3 is 2.77 bits per heavy atom. The Morgan fingerprint density at radius 2 is 2.23 bits per heavy atom. The van der Waals surface area contributed by atoms with E-state index in [2.05, 4.69) is 0 Å². The highest BCUT2D eigenvalue weighted by molar-refractivity contribution is 5.36. The number of benzene rings is 1. The topological polar surface area (TPSA) is 35.2 Å². The SMILES string of the molecule is CCOc1cc(F)ccc1[C@@H](C)N. The molecule has 0 aliphatic carbocycles. The van der Waals surface area contributed by atoms with Crippen LogP contribution in [0.5, 0.6) is 5.75 Å². The van der Waals surface area contributed by atoms with Gasteiger partial charge in [-0.1, -0.05) is 6.07 Å². The van der Waals surface area contributed by atoms with Gasteiger partial charge in [-0.3, -0.25) is 0 Å². The normalized spacial score (nSPS) is 12.6. The van der Waals surface area contributed by atoms with Crippen molar-refractivity contribution in [2.24, 2.45) is 5.73 Å². The summed E-state index contributed by atoms with van der Waals surface area (Å²) in [5.74, 6) is 0.241. The summed E-state index contributed by atoms with van der Waals surface area (Å²) >= 11 is 0. The molecular formula is C10H14FNO. The van der Waals surface area contributed by atoms with Crippen molar-refractivity contribution in [1.29, 1.82) is 0 Å². The molecule has 0 aliphatic rings. The van der Waals surface area contributed by atoms with Crippen LogP contribution in [0.1, 0.15) is 25.5 Å². The number of nitrogens with two attached hydrogens (primary N) is 1. The molecular weight excluding hydrogens is 169 g/mol. The van der Waals surface area contributed by atoms with Crippen molar-refractivity contribution in [3.63, 3.8) is 0 Å². The molecule has 2 N–H and O–H groups in total. The Hall–Kier alpha value is -1.09. The van der Waals surface area contributed by atoms with Gasteiger partial charge in [0.25, 0.3) is 0 Å². The summed E-state index contributed by atoms with van der Waals surface area (Å²) in [7, 11) is 0. The van der Waals surface area contributed by atoms with Gasteiger partial charge in [-0.05, 0) is 19.9 Å². The van der Waals surface area contributed by atoms with Crippen LogP contribution in [0.2, 0.25) is 0 Å². The van der Waals surface area contributed by atoms with E-state index >= 15 is 0 Å². The summed E-state index contributed by atoms with van der Waals surface area (Å²) in [6, 6.07) is 4.27. The molecule has 0 saturated carbocycles. The maximum Gasteiger partial charge on any atom is 0.126 e. The first-order valence-corrected chi connectivity index (χ1v) is 4.33. The van der Waals surface area contributed by atoms with Crippen molar-refractivity contribution in [1.82, 2.24) is 0 Å². The average Bonchev–Trinajstić information content (AvgIpc) is 2.04. The lowest BCUT2D eigenvalue weighted by atomic mass is 10.1. The van der Waals surface area contributed by atoms with Crippen LogP contribution in [0.3, 0.4) is 0 Å². The number of ether oxygens (including phenoxy) is 1. The van der Waals surface area contributed by atoms with Gasteiger partial charge in [0.05, 0.1) is 6.61 Å². The highest BCUT2D eigenvalue weighted by Crippen LogP contribution is 2.24. The van der Waals surface area contributed by atoms with E-state index in [1.54, 1.807) is 6.07 Å². The fraction of sp³-hybridized carbons (Fsp3) is 0.400. The first kappa shape index (κ1) is 9.99. The summed E-state index contributed by atoms with van der Waals surface area (Å²) < 4.78 is 18.1. The molecule has 0 aliphatic heterocycles. The van der Waals surface area contributed by atoms with Crippen LogP contribution in [0.25, 0.3) is 0 Å². The summed E-state index contributed by atoms with van der Waals surface area (Å²) in [6.07, 6.45) is 0. The zero-order valence-corrected chi connectivity index (χ0v) is 7.88. The van der Waals surface area contributed by atoms with E-state index < -0.39 is 0 Å². The molecule has 0 spiro atoms. The zero-order valence-electron chi connectivity index (χ0n) is 7.88. The molecule has 2 nitrogen and oxygen atoms in total. The Bertz CT molecular complexity index is 286. The molecule has 1 aromatic carbocycles. The molecule has 1 atom stereocenters. The van der Waals surface area contributed by atoms with E-state index in [-0.39, 0.29) is 11.9 Å². The zero-order chi connectivity index (χ0) is 9.84. The van der Waals surface area contributed by atoms with Crippen LogP contribution >= 0.6 is 0 Å². The second kappa shape index (κ2) is 4.23. The second-order valence-corrected chi connectivity index (χ2v) is 2.90. The minimum absolute atomic E-state index is 0.137. The van der Waals surface area contributed by atoms with Crippen molar-refractivity contribution < 1.29 is 9.13 Å². The van der Waals surface area contributed by atoms with Crippen LogP contribution in [0.15, 0.2) is 18.2 Å². The van der Waals surface area contributed by atoms with E-state index in [9.17, 15) is 4.39 Å². The molecule has 0 amide bonds. The summed E-state index contributed by atoms with van der Waals surface area (Å²) in [6.45, 7) is 4.22. The van der Waals surface area contributed by atoms with E-state index in [1.807, 2.05) is 13.8 Å². The molecule has 0 fully saturated rings. The van der Waals surface area contributed by atoms with E-state index in [1.165, 1.54) is 12.1 Å². The summed E-state index contributed by atoms with van der Waals surface area (Å²) in [5.41, 5.74) is 6.53. The maximum absolute atomic E-state index is 12.8. The number of hydrogen-bond donors (Lipinski definition) is 1. The maximum atomic E-state index is 12.8. The quantitative estimate of drug-likeness (QED) is 0.780. The predicted molar refractivity (Wildman–Crippen MR) is 50.2 cm³/mol. The predicted octanol–water partition coefficient (Wildman–Crippen LogP) is 2.24. The number of rotatable bonds is 3. The van der Waals surface area contributed by atoms with E-state index in [4.69, 9.17) is 10.5 Å². The summed E-state index contributed by atoms with van der Waals surface area (Å²) in [4.78, 5) is 0. The van der Waals surface area contributed by atoms with Gasteiger partial charge in [-0.15, -0.1) is 0 Å². The third-order valence-electron chi connectivity index (χ3n) is 1.77. The lowest BCUT2D eigenvalue weighted by molar-refractivity contribution is 0.333. The van der Waals surface area contributed by atoms with Crippen molar-refractivity contribution in [3.05, 3.63) is 29.6 Å². The first-order chi connectivity index (χ1) is 6.15. The lowest BCUT2D eigenvalue weighted by Crippen LogP contribution is -2.08. The van der Waals surface area contributed by atoms with Crippen LogP contribution in [0, 0.1) is 5.82 Å². The lowest BCUT2D eigenvalue weighted by Gasteiger charge is -2.12. The average molecular weight is 183 g/mol. The molecule has 0 radical (unpaired) electrons. The Kier molecular flexibility index (Phi) is 3.25. The van der Waals surface area contributed by atoms with Crippen LogP contribution in [0.4, 0.5) is 4.39 Å². The van der Waals surface area contributed by atoms with Crippen LogP contribution < -0.4 is 10.5 Å². The van der Waals surface area contributed by atoms with Crippen molar-refractivity contribution in [3.8, 4) is 5.75 Å². The van der Waals surface area contributed by atoms with Gasteiger partial charge < -0.3 is 10.5 Å². The molecule has 13 heavy (non-hydrogen) atoms. The molecule has 1 aromatic rings. The van der Waals surface area contributed by atoms with Crippen LogP contribution in [-0.4, -0.2) is 6.61 Å². The highest BCUT2D eigenvalue weighted by atomic mass is 19.1. The smallest absolute Gasteiger partial charge is 0.126 e. The molecule has 0 saturated heterocycles. The molecule has 1 rings (SSSR count). The number of halogens is 1. The van der Waals surface area contributed by atoms with E-state index in [0.717, 1.165) is 5.56 Å². The molecule has 0 bridgehead atoms. The molecule has 3 heteroatoms. The third kappa shape index (κ3) is 2.42. The molecule has 0 aromatic heterocycles. The monoisotopic (exact) mass is 183 g/mol. The van der Waals surface area contributed by atoms with Crippen molar-refractivity contribution >= 4 is 0 Å². The Balaban J connectivity index is 3.03. The van der Waals surface area contributed by atoms with E-state index in [0.29, 0.717) is 12.4 Å². The first-order valence-electron chi connectivity index (χ1n) is 4.33. The van der Waals surface area contributed by atoms with Crippen molar-refractivity contribution in [2.75, 3.05) is 6.61 Å². The summed E-state index contributed by atoms with van der Waals surface area (Å²) in [5, 5.41) is 0. The molecule has 0 unspecified atom stereocenters. The minimum Gasteiger partial charge on any atom is -0.493 e. The molecule has 0 heterocycles. The Morgan fingerprint density at radius 1 is 1.54 bits per heavy atom. The third-order valence-corrected chi connectivity index (χ3v) is 1.77. The van der Waals surface area contributed by atoms with Gasteiger partial charge in [-0.2, -0.15) is 0 Å². The van der Waals surface area contributed by atoms with Crippen molar-refractivity contribution in [2.45, 2.75) is 19.9 Å².